The Labute approximate surface area is 105 Å². The molecular weight excluding hydrogens is 208 g/mol. The average Bonchev–Trinajstić information content (AvgIpc) is 2.90. The summed E-state index contributed by atoms with van der Waals surface area (Å²) in [5.74, 6) is 0.809. The highest BCUT2D eigenvalue weighted by Crippen LogP contribution is 2.54. The lowest BCUT2D eigenvalue weighted by Gasteiger charge is -2.20. The summed E-state index contributed by atoms with van der Waals surface area (Å²) in [7, 11) is 0. The fraction of sp³-hybridized carbons (Fsp3) is 0.667. The van der Waals surface area contributed by atoms with E-state index in [1.807, 2.05) is 12.3 Å². The van der Waals surface area contributed by atoms with Crippen molar-refractivity contribution in [2.24, 2.45) is 11.3 Å². The molecule has 2 atom stereocenters. The number of nitrogens with zero attached hydrogens (tertiary/aromatic N) is 1. The second kappa shape index (κ2) is 4.77. The van der Waals surface area contributed by atoms with E-state index >= 15 is 0 Å². The zero-order valence-electron chi connectivity index (χ0n) is 11.5. The predicted octanol–water partition coefficient (Wildman–Crippen LogP) is 2.96. The maximum Gasteiger partial charge on any atom is 0.0448 e. The van der Waals surface area contributed by atoms with Gasteiger partial charge < -0.3 is 5.32 Å². The molecule has 1 N–H and O–H groups in total. The van der Waals surface area contributed by atoms with Crippen molar-refractivity contribution in [3.8, 4) is 0 Å². The summed E-state index contributed by atoms with van der Waals surface area (Å²) in [4.78, 5) is 4.52. The first-order chi connectivity index (χ1) is 8.04. The van der Waals surface area contributed by atoms with Crippen LogP contribution in [-0.4, -0.2) is 17.6 Å². The van der Waals surface area contributed by atoms with Crippen molar-refractivity contribution < 1.29 is 0 Å². The van der Waals surface area contributed by atoms with Gasteiger partial charge in [-0.2, -0.15) is 0 Å². The van der Waals surface area contributed by atoms with Crippen molar-refractivity contribution in [3.05, 3.63) is 29.6 Å². The van der Waals surface area contributed by atoms with Crippen LogP contribution in [0, 0.1) is 18.3 Å². The SMILES string of the molecule is CCNC(Cc1ncccc1C)C1CC1(C)C. The van der Waals surface area contributed by atoms with Gasteiger partial charge in [-0.15, -0.1) is 0 Å². The van der Waals surface area contributed by atoms with Gasteiger partial charge in [0.15, 0.2) is 0 Å². The number of pyridine rings is 1. The van der Waals surface area contributed by atoms with Gasteiger partial charge in [-0.25, -0.2) is 0 Å². The van der Waals surface area contributed by atoms with Gasteiger partial charge in [-0.3, -0.25) is 4.98 Å². The lowest BCUT2D eigenvalue weighted by Crippen LogP contribution is -2.34. The average molecular weight is 232 g/mol. The van der Waals surface area contributed by atoms with Crippen molar-refractivity contribution in [1.82, 2.24) is 10.3 Å². The van der Waals surface area contributed by atoms with Gasteiger partial charge in [0.2, 0.25) is 0 Å². The van der Waals surface area contributed by atoms with Gasteiger partial charge in [-0.1, -0.05) is 26.8 Å². The van der Waals surface area contributed by atoms with Crippen molar-refractivity contribution in [3.63, 3.8) is 0 Å². The van der Waals surface area contributed by atoms with Crippen LogP contribution in [0.3, 0.4) is 0 Å². The van der Waals surface area contributed by atoms with Gasteiger partial charge in [0.1, 0.15) is 0 Å². The first kappa shape index (κ1) is 12.6. The third kappa shape index (κ3) is 2.86. The second-order valence-corrected chi connectivity index (χ2v) is 5.93. The van der Waals surface area contributed by atoms with E-state index in [1.54, 1.807) is 0 Å². The maximum absolute atomic E-state index is 4.52. The van der Waals surface area contributed by atoms with Crippen LogP contribution >= 0.6 is 0 Å². The fourth-order valence-corrected chi connectivity index (χ4v) is 2.75. The molecule has 2 unspecified atom stereocenters. The fourth-order valence-electron chi connectivity index (χ4n) is 2.75. The van der Waals surface area contributed by atoms with Crippen LogP contribution in [0.1, 0.15) is 38.4 Å². The van der Waals surface area contributed by atoms with Crippen LogP contribution in [0.2, 0.25) is 0 Å². The first-order valence-electron chi connectivity index (χ1n) is 6.68. The van der Waals surface area contributed by atoms with Crippen molar-refractivity contribution in [1.29, 1.82) is 0 Å². The van der Waals surface area contributed by atoms with E-state index in [0.717, 1.165) is 18.9 Å². The van der Waals surface area contributed by atoms with Crippen LogP contribution in [0.5, 0.6) is 0 Å². The molecule has 0 aliphatic heterocycles. The minimum atomic E-state index is 0.523. The molecule has 1 aliphatic rings. The Morgan fingerprint density at radius 1 is 1.53 bits per heavy atom. The third-order valence-corrected chi connectivity index (χ3v) is 4.07. The van der Waals surface area contributed by atoms with E-state index in [1.165, 1.54) is 17.7 Å². The van der Waals surface area contributed by atoms with Crippen LogP contribution in [0.4, 0.5) is 0 Å². The summed E-state index contributed by atoms with van der Waals surface area (Å²) in [5, 5.41) is 3.64. The Morgan fingerprint density at radius 2 is 2.24 bits per heavy atom. The highest BCUT2D eigenvalue weighted by Gasteiger charge is 2.49. The van der Waals surface area contributed by atoms with Gasteiger partial charge in [0.05, 0.1) is 0 Å². The zero-order valence-corrected chi connectivity index (χ0v) is 11.5. The Hall–Kier alpha value is -0.890. The number of aryl methyl sites for hydroxylation is 1. The summed E-state index contributed by atoms with van der Waals surface area (Å²) < 4.78 is 0. The zero-order chi connectivity index (χ0) is 12.5. The predicted molar refractivity (Wildman–Crippen MR) is 72.0 cm³/mol. The number of likely N-dealkylation sites (N-methyl/N-ethyl adjacent to an activating group) is 1. The largest absolute Gasteiger partial charge is 0.314 e. The molecule has 2 nitrogen and oxygen atoms in total. The standard InChI is InChI=1S/C15H24N2/c1-5-16-14(12-10-15(12,3)4)9-13-11(2)7-6-8-17-13/h6-8,12,14,16H,5,9-10H2,1-4H3. The Bertz CT molecular complexity index is 384. The van der Waals surface area contributed by atoms with E-state index in [4.69, 9.17) is 0 Å². The molecule has 1 aliphatic carbocycles. The molecule has 0 radical (unpaired) electrons. The molecule has 0 bridgehead atoms. The summed E-state index contributed by atoms with van der Waals surface area (Å²) in [5.41, 5.74) is 3.09. The van der Waals surface area contributed by atoms with Gasteiger partial charge in [0.25, 0.3) is 0 Å². The van der Waals surface area contributed by atoms with Gasteiger partial charge in [-0.05, 0) is 42.9 Å². The van der Waals surface area contributed by atoms with Crippen molar-refractivity contribution >= 4 is 0 Å². The smallest absolute Gasteiger partial charge is 0.0448 e. The molecule has 0 spiro atoms. The third-order valence-electron chi connectivity index (χ3n) is 4.07. The molecule has 94 valence electrons. The summed E-state index contributed by atoms with van der Waals surface area (Å²) >= 11 is 0. The summed E-state index contributed by atoms with van der Waals surface area (Å²) in [6.45, 7) is 10.1. The Kier molecular flexibility index (Phi) is 3.53. The topological polar surface area (TPSA) is 24.9 Å². The lowest BCUT2D eigenvalue weighted by molar-refractivity contribution is 0.406. The number of aromatic nitrogens is 1. The molecule has 1 fully saturated rings. The quantitative estimate of drug-likeness (QED) is 0.844. The molecule has 0 aromatic carbocycles. The van der Waals surface area contributed by atoms with Crippen molar-refractivity contribution in [2.75, 3.05) is 6.54 Å². The van der Waals surface area contributed by atoms with Gasteiger partial charge in [0, 0.05) is 24.4 Å². The lowest BCUT2D eigenvalue weighted by atomic mass is 9.98. The number of hydrogen-bond donors (Lipinski definition) is 1. The molecule has 2 rings (SSSR count). The highest BCUT2D eigenvalue weighted by atomic mass is 14.9. The van der Waals surface area contributed by atoms with E-state index in [-0.39, 0.29) is 0 Å². The number of nitrogens with one attached hydrogen (secondary N) is 1. The monoisotopic (exact) mass is 232 g/mol. The molecule has 1 aromatic heterocycles. The van der Waals surface area contributed by atoms with Crippen LogP contribution in [-0.2, 0) is 6.42 Å². The number of hydrogen-bond acceptors (Lipinski definition) is 2. The highest BCUT2D eigenvalue weighted by molar-refractivity contribution is 5.20. The Morgan fingerprint density at radius 3 is 2.76 bits per heavy atom. The van der Waals surface area contributed by atoms with E-state index in [2.05, 4.69) is 44.1 Å². The summed E-state index contributed by atoms with van der Waals surface area (Å²) in [6, 6.07) is 4.76. The van der Waals surface area contributed by atoms with Gasteiger partial charge >= 0.3 is 0 Å². The molecule has 2 heteroatoms. The minimum absolute atomic E-state index is 0.523. The Balaban J connectivity index is 2.06. The molecule has 1 saturated carbocycles. The minimum Gasteiger partial charge on any atom is -0.314 e. The van der Waals surface area contributed by atoms with E-state index in [0.29, 0.717) is 11.5 Å². The first-order valence-corrected chi connectivity index (χ1v) is 6.68. The maximum atomic E-state index is 4.52. The van der Waals surface area contributed by atoms with Crippen LogP contribution in [0.25, 0.3) is 0 Å². The number of rotatable bonds is 5. The van der Waals surface area contributed by atoms with E-state index in [9.17, 15) is 0 Å². The summed E-state index contributed by atoms with van der Waals surface area (Å²) in [6.07, 6.45) is 4.31. The van der Waals surface area contributed by atoms with Crippen LogP contribution < -0.4 is 5.32 Å². The molecule has 1 heterocycles. The molecule has 1 aromatic rings. The van der Waals surface area contributed by atoms with Crippen molar-refractivity contribution in [2.45, 2.75) is 46.6 Å². The van der Waals surface area contributed by atoms with Crippen LogP contribution in [0.15, 0.2) is 18.3 Å². The molecule has 17 heavy (non-hydrogen) atoms. The molecule has 0 amide bonds. The normalized spacial score (nSPS) is 23.4. The van der Waals surface area contributed by atoms with E-state index < -0.39 is 0 Å². The second-order valence-electron chi connectivity index (χ2n) is 5.93. The molecule has 0 saturated heterocycles. The molecular formula is C15H24N2.